The first-order valence-corrected chi connectivity index (χ1v) is 6.79. The van der Waals surface area contributed by atoms with E-state index in [2.05, 4.69) is 18.8 Å². The van der Waals surface area contributed by atoms with Crippen molar-refractivity contribution in [2.75, 3.05) is 19.6 Å². The van der Waals surface area contributed by atoms with Crippen molar-refractivity contribution in [1.29, 1.82) is 0 Å². The molecule has 0 radical (unpaired) electrons. The second kappa shape index (κ2) is 6.40. The van der Waals surface area contributed by atoms with E-state index in [0.29, 0.717) is 18.0 Å². The van der Waals surface area contributed by atoms with Crippen LogP contribution in [0.2, 0.25) is 0 Å². The molecule has 1 heterocycles. The Labute approximate surface area is 114 Å². The maximum atomic E-state index is 12.6. The lowest BCUT2D eigenvalue weighted by molar-refractivity contribution is 0.0683. The van der Waals surface area contributed by atoms with Gasteiger partial charge in [0.2, 0.25) is 0 Å². The molecule has 0 aromatic heterocycles. The van der Waals surface area contributed by atoms with Crippen molar-refractivity contribution >= 4 is 5.91 Å². The fourth-order valence-electron chi connectivity index (χ4n) is 2.47. The van der Waals surface area contributed by atoms with Gasteiger partial charge in [-0.05, 0) is 30.9 Å². The Morgan fingerprint density at radius 1 is 1.47 bits per heavy atom. The van der Waals surface area contributed by atoms with Crippen LogP contribution in [0.5, 0.6) is 0 Å². The van der Waals surface area contributed by atoms with Gasteiger partial charge in [-0.2, -0.15) is 0 Å². The Kier molecular flexibility index (Phi) is 4.59. The van der Waals surface area contributed by atoms with E-state index in [-0.39, 0.29) is 5.91 Å². The second-order valence-corrected chi connectivity index (χ2v) is 5.05. The van der Waals surface area contributed by atoms with Crippen molar-refractivity contribution in [3.63, 3.8) is 0 Å². The Morgan fingerprint density at radius 3 is 3.00 bits per heavy atom. The summed E-state index contributed by atoms with van der Waals surface area (Å²) >= 11 is 0. The lowest BCUT2D eigenvalue weighted by Crippen LogP contribution is -2.39. The van der Waals surface area contributed by atoms with Gasteiger partial charge < -0.3 is 10.6 Å². The van der Waals surface area contributed by atoms with Crippen LogP contribution in [0.15, 0.2) is 24.3 Å². The van der Waals surface area contributed by atoms with Gasteiger partial charge in [0, 0.05) is 18.7 Å². The Hall–Kier alpha value is -1.79. The van der Waals surface area contributed by atoms with Crippen LogP contribution in [0.25, 0.3) is 0 Å². The predicted octanol–water partition coefficient (Wildman–Crippen LogP) is 1.87. The van der Waals surface area contributed by atoms with Crippen LogP contribution < -0.4 is 5.73 Å². The average Bonchev–Trinajstić information content (AvgIpc) is 2.44. The molecule has 3 heteroatoms. The first-order chi connectivity index (χ1) is 9.22. The standard InChI is InChI=1S/C16H20N2O/c1-13-6-5-11-18(12-13)16(19)15-9-3-2-7-14(15)8-4-10-17/h2-3,7,9,13H,5-6,10-12,17H2,1H3. The third-order valence-electron chi connectivity index (χ3n) is 3.43. The molecule has 1 aromatic rings. The highest BCUT2D eigenvalue weighted by Gasteiger charge is 2.23. The van der Waals surface area contributed by atoms with Gasteiger partial charge in [0.05, 0.1) is 12.1 Å². The molecule has 0 bridgehead atoms. The zero-order valence-corrected chi connectivity index (χ0v) is 11.4. The molecule has 0 aliphatic carbocycles. The lowest BCUT2D eigenvalue weighted by Gasteiger charge is -2.31. The zero-order chi connectivity index (χ0) is 13.7. The monoisotopic (exact) mass is 256 g/mol. The Morgan fingerprint density at radius 2 is 2.26 bits per heavy atom. The minimum atomic E-state index is 0.0912. The van der Waals surface area contributed by atoms with Gasteiger partial charge in [0.25, 0.3) is 5.91 Å². The third-order valence-corrected chi connectivity index (χ3v) is 3.43. The zero-order valence-electron chi connectivity index (χ0n) is 11.4. The highest BCUT2D eigenvalue weighted by Crippen LogP contribution is 2.19. The van der Waals surface area contributed by atoms with Gasteiger partial charge >= 0.3 is 0 Å². The smallest absolute Gasteiger partial charge is 0.255 e. The molecular weight excluding hydrogens is 236 g/mol. The number of hydrogen-bond donors (Lipinski definition) is 1. The molecule has 3 nitrogen and oxygen atoms in total. The van der Waals surface area contributed by atoms with E-state index in [9.17, 15) is 4.79 Å². The molecule has 1 aromatic carbocycles. The summed E-state index contributed by atoms with van der Waals surface area (Å²) in [5, 5.41) is 0. The summed E-state index contributed by atoms with van der Waals surface area (Å²) in [5.74, 6) is 6.47. The third kappa shape index (κ3) is 3.36. The highest BCUT2D eigenvalue weighted by atomic mass is 16.2. The van der Waals surface area contributed by atoms with E-state index in [1.165, 1.54) is 6.42 Å². The van der Waals surface area contributed by atoms with E-state index in [1.807, 2.05) is 29.2 Å². The summed E-state index contributed by atoms with van der Waals surface area (Å²) in [6.45, 7) is 4.20. The fourth-order valence-corrected chi connectivity index (χ4v) is 2.47. The van der Waals surface area contributed by atoms with Crippen molar-refractivity contribution in [2.24, 2.45) is 11.7 Å². The van der Waals surface area contributed by atoms with E-state index >= 15 is 0 Å². The fraction of sp³-hybridized carbons (Fsp3) is 0.438. The number of nitrogens with zero attached hydrogens (tertiary/aromatic N) is 1. The van der Waals surface area contributed by atoms with Crippen LogP contribution in [-0.4, -0.2) is 30.4 Å². The molecule has 1 unspecified atom stereocenters. The number of hydrogen-bond acceptors (Lipinski definition) is 2. The van der Waals surface area contributed by atoms with Gasteiger partial charge in [0.1, 0.15) is 0 Å². The molecule has 1 atom stereocenters. The van der Waals surface area contributed by atoms with E-state index < -0.39 is 0 Å². The van der Waals surface area contributed by atoms with Gasteiger partial charge in [0.15, 0.2) is 0 Å². The van der Waals surface area contributed by atoms with Crippen LogP contribution in [0.1, 0.15) is 35.7 Å². The van der Waals surface area contributed by atoms with E-state index in [0.717, 1.165) is 25.1 Å². The average molecular weight is 256 g/mol. The summed E-state index contributed by atoms with van der Waals surface area (Å²) in [5.41, 5.74) is 6.86. The molecule has 2 rings (SSSR count). The van der Waals surface area contributed by atoms with Crippen LogP contribution in [0, 0.1) is 17.8 Å². The number of nitrogens with two attached hydrogens (primary N) is 1. The molecule has 0 spiro atoms. The Balaban J connectivity index is 2.23. The summed E-state index contributed by atoms with van der Waals surface area (Å²) in [6.07, 6.45) is 2.29. The summed E-state index contributed by atoms with van der Waals surface area (Å²) in [6, 6.07) is 7.51. The summed E-state index contributed by atoms with van der Waals surface area (Å²) in [7, 11) is 0. The quantitative estimate of drug-likeness (QED) is 0.780. The molecule has 1 aliphatic rings. The number of amides is 1. The summed E-state index contributed by atoms with van der Waals surface area (Å²) in [4.78, 5) is 14.5. The van der Waals surface area contributed by atoms with Gasteiger partial charge in [-0.3, -0.25) is 4.79 Å². The minimum Gasteiger partial charge on any atom is -0.338 e. The maximum Gasteiger partial charge on any atom is 0.255 e. The molecule has 0 saturated carbocycles. The number of benzene rings is 1. The normalized spacial score (nSPS) is 18.6. The SMILES string of the molecule is CC1CCCN(C(=O)c2ccccc2C#CCN)C1. The topological polar surface area (TPSA) is 46.3 Å². The molecule has 2 N–H and O–H groups in total. The van der Waals surface area contributed by atoms with Crippen molar-refractivity contribution in [1.82, 2.24) is 4.90 Å². The van der Waals surface area contributed by atoms with Gasteiger partial charge in [-0.25, -0.2) is 0 Å². The largest absolute Gasteiger partial charge is 0.338 e. The van der Waals surface area contributed by atoms with Gasteiger partial charge in [-0.15, -0.1) is 0 Å². The summed E-state index contributed by atoms with van der Waals surface area (Å²) < 4.78 is 0. The number of carbonyl (C=O) groups is 1. The number of likely N-dealkylation sites (tertiary alicyclic amines) is 1. The number of piperidine rings is 1. The molecular formula is C16H20N2O. The number of carbonyl (C=O) groups excluding carboxylic acids is 1. The van der Waals surface area contributed by atoms with Crippen LogP contribution in [0.4, 0.5) is 0 Å². The maximum absolute atomic E-state index is 12.6. The lowest BCUT2D eigenvalue weighted by atomic mass is 9.98. The van der Waals surface area contributed by atoms with Crippen molar-refractivity contribution in [3.05, 3.63) is 35.4 Å². The molecule has 19 heavy (non-hydrogen) atoms. The molecule has 1 amide bonds. The van der Waals surface area contributed by atoms with Crippen LogP contribution in [-0.2, 0) is 0 Å². The predicted molar refractivity (Wildman–Crippen MR) is 76.7 cm³/mol. The second-order valence-electron chi connectivity index (χ2n) is 5.05. The first-order valence-electron chi connectivity index (χ1n) is 6.79. The van der Waals surface area contributed by atoms with Crippen LogP contribution in [0.3, 0.4) is 0 Å². The van der Waals surface area contributed by atoms with Gasteiger partial charge in [-0.1, -0.05) is 30.9 Å². The molecule has 1 saturated heterocycles. The van der Waals surface area contributed by atoms with E-state index in [1.54, 1.807) is 0 Å². The molecule has 1 fully saturated rings. The highest BCUT2D eigenvalue weighted by molar-refractivity contribution is 5.96. The minimum absolute atomic E-state index is 0.0912. The molecule has 100 valence electrons. The van der Waals surface area contributed by atoms with Crippen molar-refractivity contribution in [2.45, 2.75) is 19.8 Å². The Bertz CT molecular complexity index is 513. The number of rotatable bonds is 1. The van der Waals surface area contributed by atoms with E-state index in [4.69, 9.17) is 5.73 Å². The molecule has 1 aliphatic heterocycles. The van der Waals surface area contributed by atoms with Crippen molar-refractivity contribution < 1.29 is 4.79 Å². The first kappa shape index (κ1) is 13.6. The van der Waals surface area contributed by atoms with Crippen LogP contribution >= 0.6 is 0 Å². The van der Waals surface area contributed by atoms with Crippen molar-refractivity contribution in [3.8, 4) is 11.8 Å².